The molecule has 1 aliphatic carbocycles. The molecule has 4 rings (SSSR count). The second kappa shape index (κ2) is 4.88. The van der Waals surface area contributed by atoms with Gasteiger partial charge in [-0.15, -0.1) is 0 Å². The zero-order chi connectivity index (χ0) is 14.2. The first-order valence-corrected chi connectivity index (χ1v) is 7.44. The fourth-order valence-corrected chi connectivity index (χ4v) is 3.17. The number of hydrogen-bond acceptors (Lipinski definition) is 3. The van der Waals surface area contributed by atoms with Gasteiger partial charge in [0.2, 0.25) is 0 Å². The number of aromatic nitrogens is 3. The molecule has 1 N–H and O–H groups in total. The van der Waals surface area contributed by atoms with Gasteiger partial charge in [-0.3, -0.25) is 0 Å². The lowest BCUT2D eigenvalue weighted by atomic mass is 9.88. The molecule has 0 saturated heterocycles. The van der Waals surface area contributed by atoms with E-state index in [1.807, 2.05) is 17.6 Å². The third-order valence-electron chi connectivity index (χ3n) is 4.20. The van der Waals surface area contributed by atoms with Crippen LogP contribution in [0.5, 0.6) is 0 Å². The van der Waals surface area contributed by atoms with Crippen LogP contribution in [0.3, 0.4) is 0 Å². The Labute approximate surface area is 123 Å². The SMILES string of the molecule is Cc1cc2c(NC3CCc4ccccc4C3)nccn2n1. The van der Waals surface area contributed by atoms with Gasteiger partial charge in [0.05, 0.1) is 5.69 Å². The van der Waals surface area contributed by atoms with Crippen LogP contribution in [-0.4, -0.2) is 20.6 Å². The van der Waals surface area contributed by atoms with Crippen molar-refractivity contribution < 1.29 is 0 Å². The van der Waals surface area contributed by atoms with Gasteiger partial charge in [0.1, 0.15) is 5.52 Å². The Morgan fingerprint density at radius 1 is 1.24 bits per heavy atom. The smallest absolute Gasteiger partial charge is 0.152 e. The maximum absolute atomic E-state index is 4.50. The highest BCUT2D eigenvalue weighted by Gasteiger charge is 2.19. The summed E-state index contributed by atoms with van der Waals surface area (Å²) in [6.07, 6.45) is 7.04. The molecule has 0 bridgehead atoms. The predicted octanol–water partition coefficient (Wildman–Crippen LogP) is 3.01. The number of rotatable bonds is 2. The molecule has 0 radical (unpaired) electrons. The molecular weight excluding hydrogens is 260 g/mol. The molecule has 4 heteroatoms. The van der Waals surface area contributed by atoms with Crippen LogP contribution in [0.2, 0.25) is 0 Å². The molecule has 1 aromatic carbocycles. The lowest BCUT2D eigenvalue weighted by Gasteiger charge is -2.26. The highest BCUT2D eigenvalue weighted by molar-refractivity contribution is 5.68. The summed E-state index contributed by atoms with van der Waals surface area (Å²) < 4.78 is 1.89. The summed E-state index contributed by atoms with van der Waals surface area (Å²) in [6.45, 7) is 2.01. The van der Waals surface area contributed by atoms with Crippen LogP contribution in [0, 0.1) is 6.92 Å². The molecular formula is C17H18N4. The number of nitrogens with zero attached hydrogens (tertiary/aromatic N) is 3. The van der Waals surface area contributed by atoms with Gasteiger partial charge < -0.3 is 5.32 Å². The van der Waals surface area contributed by atoms with E-state index in [0.29, 0.717) is 6.04 Å². The molecule has 106 valence electrons. The van der Waals surface area contributed by atoms with Crippen LogP contribution < -0.4 is 5.32 Å². The van der Waals surface area contributed by atoms with Gasteiger partial charge in [-0.25, -0.2) is 9.50 Å². The normalized spacial score (nSPS) is 17.7. The lowest BCUT2D eigenvalue weighted by Crippen LogP contribution is -2.27. The Balaban J connectivity index is 1.61. The Morgan fingerprint density at radius 3 is 3.00 bits per heavy atom. The molecule has 2 heterocycles. The molecule has 3 aromatic rings. The molecule has 0 saturated carbocycles. The van der Waals surface area contributed by atoms with E-state index in [2.05, 4.69) is 45.7 Å². The minimum absolute atomic E-state index is 0.439. The van der Waals surface area contributed by atoms with Crippen molar-refractivity contribution in [3.8, 4) is 0 Å². The summed E-state index contributed by atoms with van der Waals surface area (Å²) in [5.41, 5.74) is 5.01. The van der Waals surface area contributed by atoms with E-state index >= 15 is 0 Å². The van der Waals surface area contributed by atoms with Gasteiger partial charge in [0.15, 0.2) is 5.82 Å². The molecule has 2 aromatic heterocycles. The van der Waals surface area contributed by atoms with E-state index in [4.69, 9.17) is 0 Å². The summed E-state index contributed by atoms with van der Waals surface area (Å²) in [5, 5.41) is 8.05. The molecule has 0 fully saturated rings. The predicted molar refractivity (Wildman–Crippen MR) is 83.6 cm³/mol. The Bertz CT molecular complexity index is 790. The van der Waals surface area contributed by atoms with E-state index in [1.54, 1.807) is 6.20 Å². The zero-order valence-corrected chi connectivity index (χ0v) is 12.1. The fraction of sp³-hybridized carbons (Fsp3) is 0.294. The van der Waals surface area contributed by atoms with Crippen LogP contribution >= 0.6 is 0 Å². The molecule has 1 atom stereocenters. The van der Waals surface area contributed by atoms with E-state index < -0.39 is 0 Å². The maximum atomic E-state index is 4.50. The molecule has 0 amide bonds. The van der Waals surface area contributed by atoms with Gasteiger partial charge in [0.25, 0.3) is 0 Å². The van der Waals surface area contributed by atoms with E-state index in [0.717, 1.165) is 36.3 Å². The average molecular weight is 278 g/mol. The Hall–Kier alpha value is -2.36. The third-order valence-corrected chi connectivity index (χ3v) is 4.20. The van der Waals surface area contributed by atoms with Crippen molar-refractivity contribution in [1.82, 2.24) is 14.6 Å². The molecule has 0 aliphatic heterocycles. The Morgan fingerprint density at radius 2 is 2.10 bits per heavy atom. The Kier molecular flexibility index (Phi) is 2.88. The van der Waals surface area contributed by atoms with Crippen LogP contribution in [0.15, 0.2) is 42.7 Å². The first-order chi connectivity index (χ1) is 10.3. The number of benzene rings is 1. The molecule has 21 heavy (non-hydrogen) atoms. The van der Waals surface area contributed by atoms with Crippen molar-refractivity contribution in [1.29, 1.82) is 0 Å². The van der Waals surface area contributed by atoms with Crippen LogP contribution in [0.1, 0.15) is 23.2 Å². The molecule has 1 aliphatic rings. The highest BCUT2D eigenvalue weighted by Crippen LogP contribution is 2.24. The van der Waals surface area contributed by atoms with Gasteiger partial charge in [0, 0.05) is 18.4 Å². The first kappa shape index (κ1) is 12.4. The number of nitrogens with one attached hydrogen (secondary N) is 1. The van der Waals surface area contributed by atoms with Crippen molar-refractivity contribution in [2.45, 2.75) is 32.2 Å². The second-order valence-corrected chi connectivity index (χ2v) is 5.74. The quantitative estimate of drug-likeness (QED) is 0.783. The van der Waals surface area contributed by atoms with Crippen LogP contribution in [0.25, 0.3) is 5.52 Å². The topological polar surface area (TPSA) is 42.2 Å². The summed E-state index contributed by atoms with van der Waals surface area (Å²) in [4.78, 5) is 4.50. The number of aryl methyl sites for hydroxylation is 2. The van der Waals surface area contributed by atoms with E-state index in [9.17, 15) is 0 Å². The van der Waals surface area contributed by atoms with Gasteiger partial charge in [-0.05, 0) is 43.4 Å². The van der Waals surface area contributed by atoms with Gasteiger partial charge >= 0.3 is 0 Å². The van der Waals surface area contributed by atoms with Gasteiger partial charge in [-0.2, -0.15) is 5.10 Å². The van der Waals surface area contributed by atoms with E-state index in [-0.39, 0.29) is 0 Å². The number of fused-ring (bicyclic) bond motifs is 2. The second-order valence-electron chi connectivity index (χ2n) is 5.74. The average Bonchev–Trinajstić information content (AvgIpc) is 2.89. The number of anilines is 1. The molecule has 0 spiro atoms. The van der Waals surface area contributed by atoms with Crippen LogP contribution in [0.4, 0.5) is 5.82 Å². The summed E-state index contributed by atoms with van der Waals surface area (Å²) >= 11 is 0. The third kappa shape index (κ3) is 2.27. The van der Waals surface area contributed by atoms with Crippen molar-refractivity contribution in [3.63, 3.8) is 0 Å². The zero-order valence-electron chi connectivity index (χ0n) is 12.1. The molecule has 1 unspecified atom stereocenters. The first-order valence-electron chi connectivity index (χ1n) is 7.44. The van der Waals surface area contributed by atoms with Crippen molar-refractivity contribution in [2.24, 2.45) is 0 Å². The summed E-state index contributed by atoms with van der Waals surface area (Å²) in [6, 6.07) is 11.2. The minimum atomic E-state index is 0.439. The highest BCUT2D eigenvalue weighted by atomic mass is 15.2. The number of hydrogen-bond donors (Lipinski definition) is 1. The van der Waals surface area contributed by atoms with Crippen LogP contribution in [-0.2, 0) is 12.8 Å². The fourth-order valence-electron chi connectivity index (χ4n) is 3.17. The summed E-state index contributed by atoms with van der Waals surface area (Å²) in [7, 11) is 0. The van der Waals surface area contributed by atoms with Crippen molar-refractivity contribution >= 4 is 11.3 Å². The maximum Gasteiger partial charge on any atom is 0.152 e. The van der Waals surface area contributed by atoms with Gasteiger partial charge in [-0.1, -0.05) is 24.3 Å². The van der Waals surface area contributed by atoms with Crippen molar-refractivity contribution in [2.75, 3.05) is 5.32 Å². The standard InChI is InChI=1S/C17H18N4/c1-12-10-16-17(18-8-9-21(16)20-12)19-15-7-6-13-4-2-3-5-14(13)11-15/h2-5,8-10,15H,6-7,11H2,1H3,(H,18,19). The lowest BCUT2D eigenvalue weighted by molar-refractivity contribution is 0.609. The minimum Gasteiger partial charge on any atom is -0.365 e. The monoisotopic (exact) mass is 278 g/mol. The largest absolute Gasteiger partial charge is 0.365 e. The van der Waals surface area contributed by atoms with E-state index in [1.165, 1.54) is 11.1 Å². The molecule has 4 nitrogen and oxygen atoms in total. The summed E-state index contributed by atoms with van der Waals surface area (Å²) in [5.74, 6) is 0.933. The van der Waals surface area contributed by atoms with Crippen molar-refractivity contribution in [3.05, 3.63) is 59.5 Å².